The number of hydrazone groups is 1. The standard InChI is InChI=1S/C18H20N2O2S/c1-15-11-13-18(14-12-15)23(21,22)20-19-16(2)7-6-10-17-8-4-3-5-9-17/h3-6,8-14,20H,7H2,1-2H3/b10-6+,19-16+. The zero-order valence-electron chi connectivity index (χ0n) is 13.2. The van der Waals surface area contributed by atoms with Crippen LogP contribution in [0.3, 0.4) is 0 Å². The van der Waals surface area contributed by atoms with Crippen LogP contribution in [0.25, 0.3) is 6.08 Å². The van der Waals surface area contributed by atoms with Crippen molar-refractivity contribution in [1.82, 2.24) is 4.83 Å². The highest BCUT2D eigenvalue weighted by atomic mass is 32.2. The molecule has 0 atom stereocenters. The van der Waals surface area contributed by atoms with Crippen molar-refractivity contribution in [3.63, 3.8) is 0 Å². The highest BCUT2D eigenvalue weighted by molar-refractivity contribution is 7.89. The number of benzene rings is 2. The highest BCUT2D eigenvalue weighted by Crippen LogP contribution is 2.10. The van der Waals surface area contributed by atoms with Crippen LogP contribution in [0.15, 0.2) is 70.7 Å². The van der Waals surface area contributed by atoms with Gasteiger partial charge in [0.2, 0.25) is 0 Å². The minimum atomic E-state index is -3.61. The highest BCUT2D eigenvalue weighted by Gasteiger charge is 2.11. The van der Waals surface area contributed by atoms with E-state index in [2.05, 4.69) is 9.93 Å². The monoisotopic (exact) mass is 328 g/mol. The van der Waals surface area contributed by atoms with Crippen LogP contribution in [0.5, 0.6) is 0 Å². The first-order valence-corrected chi connectivity index (χ1v) is 8.79. The van der Waals surface area contributed by atoms with E-state index >= 15 is 0 Å². The van der Waals surface area contributed by atoms with Crippen LogP contribution in [0, 0.1) is 6.92 Å². The van der Waals surface area contributed by atoms with Crippen molar-refractivity contribution in [2.75, 3.05) is 0 Å². The summed E-state index contributed by atoms with van der Waals surface area (Å²) in [5.74, 6) is 0. The van der Waals surface area contributed by atoms with Crippen molar-refractivity contribution in [1.29, 1.82) is 0 Å². The third-order valence-electron chi connectivity index (χ3n) is 3.21. The third kappa shape index (κ3) is 5.38. The van der Waals surface area contributed by atoms with Gasteiger partial charge in [0.05, 0.1) is 4.90 Å². The Bertz CT molecular complexity index is 793. The van der Waals surface area contributed by atoms with Gasteiger partial charge in [0.15, 0.2) is 0 Å². The van der Waals surface area contributed by atoms with Gasteiger partial charge in [-0.3, -0.25) is 0 Å². The maximum atomic E-state index is 12.1. The molecule has 0 bridgehead atoms. The zero-order chi connectivity index (χ0) is 16.7. The molecule has 2 aromatic rings. The van der Waals surface area contributed by atoms with Crippen molar-refractivity contribution < 1.29 is 8.42 Å². The molecule has 0 saturated heterocycles. The quantitative estimate of drug-likeness (QED) is 0.648. The van der Waals surface area contributed by atoms with Gasteiger partial charge in [0.1, 0.15) is 0 Å². The summed E-state index contributed by atoms with van der Waals surface area (Å²) in [6.45, 7) is 3.69. The fourth-order valence-corrected chi connectivity index (χ4v) is 2.76. The van der Waals surface area contributed by atoms with E-state index < -0.39 is 10.0 Å². The number of hydrogen-bond donors (Lipinski definition) is 1. The van der Waals surface area contributed by atoms with Crippen LogP contribution >= 0.6 is 0 Å². The van der Waals surface area contributed by atoms with Gasteiger partial charge >= 0.3 is 0 Å². The van der Waals surface area contributed by atoms with Crippen LogP contribution in [0.2, 0.25) is 0 Å². The Labute approximate surface area is 137 Å². The molecule has 1 N–H and O–H groups in total. The van der Waals surface area contributed by atoms with Crippen molar-refractivity contribution in [2.45, 2.75) is 25.2 Å². The predicted molar refractivity (Wildman–Crippen MR) is 94.7 cm³/mol. The Kier molecular flexibility index (Phi) is 5.71. The number of hydrogen-bond acceptors (Lipinski definition) is 3. The Morgan fingerprint density at radius 3 is 2.39 bits per heavy atom. The second kappa shape index (κ2) is 7.74. The lowest BCUT2D eigenvalue weighted by atomic mass is 10.2. The predicted octanol–water partition coefficient (Wildman–Crippen LogP) is 3.75. The van der Waals surface area contributed by atoms with E-state index in [9.17, 15) is 8.42 Å². The average molecular weight is 328 g/mol. The molecular weight excluding hydrogens is 308 g/mol. The Hall–Kier alpha value is -2.40. The smallest absolute Gasteiger partial charge is 0.200 e. The van der Waals surface area contributed by atoms with Crippen LogP contribution < -0.4 is 4.83 Å². The molecule has 0 aliphatic carbocycles. The average Bonchev–Trinajstić information content (AvgIpc) is 2.54. The number of nitrogens with one attached hydrogen (secondary N) is 1. The number of allylic oxidation sites excluding steroid dienone is 1. The molecule has 5 heteroatoms. The molecule has 2 rings (SSSR count). The normalized spacial score (nSPS) is 12.5. The molecule has 4 nitrogen and oxygen atoms in total. The fourth-order valence-electron chi connectivity index (χ4n) is 1.88. The summed E-state index contributed by atoms with van der Waals surface area (Å²) in [5.41, 5.74) is 2.79. The molecule has 0 heterocycles. The molecule has 0 amide bonds. The van der Waals surface area contributed by atoms with Crippen LogP contribution in [-0.2, 0) is 10.0 Å². The third-order valence-corrected chi connectivity index (χ3v) is 4.44. The van der Waals surface area contributed by atoms with Crippen LogP contribution in [0.4, 0.5) is 0 Å². The largest absolute Gasteiger partial charge is 0.276 e. The molecule has 0 unspecified atom stereocenters. The van der Waals surface area contributed by atoms with Crippen molar-refractivity contribution >= 4 is 21.8 Å². The molecule has 23 heavy (non-hydrogen) atoms. The van der Waals surface area contributed by atoms with Crippen molar-refractivity contribution in [2.24, 2.45) is 5.10 Å². The molecule has 0 aliphatic heterocycles. The molecule has 0 aliphatic rings. The topological polar surface area (TPSA) is 58.5 Å². The lowest BCUT2D eigenvalue weighted by molar-refractivity contribution is 0.584. The summed E-state index contributed by atoms with van der Waals surface area (Å²) in [5, 5.41) is 3.95. The molecule has 0 spiro atoms. The molecule has 0 saturated carbocycles. The van der Waals surface area contributed by atoms with E-state index in [-0.39, 0.29) is 4.90 Å². The summed E-state index contributed by atoms with van der Waals surface area (Å²) >= 11 is 0. The first kappa shape index (κ1) is 17.0. The van der Waals surface area contributed by atoms with E-state index in [0.29, 0.717) is 12.1 Å². The van der Waals surface area contributed by atoms with Gasteiger partial charge < -0.3 is 0 Å². The van der Waals surface area contributed by atoms with Crippen LogP contribution in [0.1, 0.15) is 24.5 Å². The summed E-state index contributed by atoms with van der Waals surface area (Å²) in [4.78, 5) is 2.48. The minimum absolute atomic E-state index is 0.208. The summed E-state index contributed by atoms with van der Waals surface area (Å²) in [7, 11) is -3.61. The Morgan fingerprint density at radius 1 is 1.09 bits per heavy atom. The zero-order valence-corrected chi connectivity index (χ0v) is 14.0. The Balaban J connectivity index is 1.96. The molecule has 0 fully saturated rings. The van der Waals surface area contributed by atoms with E-state index in [1.54, 1.807) is 31.2 Å². The maximum absolute atomic E-state index is 12.1. The maximum Gasteiger partial charge on any atom is 0.276 e. The second-order valence-corrected chi connectivity index (χ2v) is 6.93. The van der Waals surface area contributed by atoms with Gasteiger partial charge in [0, 0.05) is 12.1 Å². The first-order chi connectivity index (χ1) is 11.0. The summed E-state index contributed by atoms with van der Waals surface area (Å²) in [6, 6.07) is 16.6. The number of aryl methyl sites for hydroxylation is 1. The van der Waals surface area contributed by atoms with Gasteiger partial charge in [-0.1, -0.05) is 60.2 Å². The van der Waals surface area contributed by atoms with Crippen molar-refractivity contribution in [3.05, 3.63) is 71.8 Å². The van der Waals surface area contributed by atoms with Gasteiger partial charge in [-0.25, -0.2) is 4.83 Å². The van der Waals surface area contributed by atoms with Gasteiger partial charge in [-0.15, -0.1) is 0 Å². The SMILES string of the molecule is C/C(C/C=C/c1ccccc1)=N\NS(=O)(=O)c1ccc(C)cc1. The number of rotatable bonds is 6. The molecule has 0 aromatic heterocycles. The van der Waals surface area contributed by atoms with Crippen molar-refractivity contribution in [3.8, 4) is 0 Å². The molecule has 0 radical (unpaired) electrons. The number of sulfonamides is 1. The summed E-state index contributed by atoms with van der Waals surface area (Å²) < 4.78 is 24.2. The van der Waals surface area contributed by atoms with Gasteiger partial charge in [-0.05, 0) is 31.5 Å². The lowest BCUT2D eigenvalue weighted by Gasteiger charge is -2.04. The molecular formula is C18H20N2O2S. The van der Waals surface area contributed by atoms with E-state index in [1.807, 2.05) is 49.4 Å². The van der Waals surface area contributed by atoms with Gasteiger partial charge in [0.25, 0.3) is 10.0 Å². The fraction of sp³-hybridized carbons (Fsp3) is 0.167. The lowest BCUT2D eigenvalue weighted by Crippen LogP contribution is -2.19. The molecule has 120 valence electrons. The minimum Gasteiger partial charge on any atom is -0.200 e. The van der Waals surface area contributed by atoms with Gasteiger partial charge in [-0.2, -0.15) is 13.5 Å². The second-order valence-electron chi connectivity index (χ2n) is 5.27. The first-order valence-electron chi connectivity index (χ1n) is 7.30. The molecule has 2 aromatic carbocycles. The summed E-state index contributed by atoms with van der Waals surface area (Å²) in [6.07, 6.45) is 4.51. The Morgan fingerprint density at radius 2 is 1.74 bits per heavy atom. The van der Waals surface area contributed by atoms with E-state index in [4.69, 9.17) is 0 Å². The van der Waals surface area contributed by atoms with E-state index in [0.717, 1.165) is 11.1 Å². The van der Waals surface area contributed by atoms with Crippen LogP contribution in [-0.4, -0.2) is 14.1 Å². The van der Waals surface area contributed by atoms with E-state index in [1.165, 1.54) is 0 Å². The number of nitrogens with zero attached hydrogens (tertiary/aromatic N) is 1.